The van der Waals surface area contributed by atoms with Crippen molar-refractivity contribution in [1.29, 1.82) is 0 Å². The van der Waals surface area contributed by atoms with Crippen LogP contribution < -0.4 is 20.3 Å². The van der Waals surface area contributed by atoms with Gasteiger partial charge in [0.2, 0.25) is 4.90 Å². The Morgan fingerprint density at radius 3 is 2.80 bits per heavy atom. The largest absolute Gasteiger partial charge is 0.588 e. The Balaban J connectivity index is 1.52. The zero-order valence-electron chi connectivity index (χ0n) is 16.2. The minimum Gasteiger partial charge on any atom is -0.588 e. The highest BCUT2D eigenvalue weighted by molar-refractivity contribution is 7.92. The van der Waals surface area contributed by atoms with Crippen molar-refractivity contribution in [2.24, 2.45) is 0 Å². The average molecular weight is 450 g/mol. The first-order valence-electron chi connectivity index (χ1n) is 9.38. The predicted molar refractivity (Wildman–Crippen MR) is 118 cm³/mol. The van der Waals surface area contributed by atoms with Gasteiger partial charge in [0.15, 0.2) is 11.6 Å². The smallest absolute Gasteiger partial charge is 0.215 e. The summed E-state index contributed by atoms with van der Waals surface area (Å²) in [6, 6.07) is 9.23. The average Bonchev–Trinajstić information content (AvgIpc) is 3.41. The fourth-order valence-corrected chi connectivity index (χ4v) is 4.78. The zero-order chi connectivity index (χ0) is 21.1. The topological polar surface area (TPSA) is 75.3 Å². The Bertz CT molecular complexity index is 1000. The summed E-state index contributed by atoms with van der Waals surface area (Å²) in [4.78, 5) is 6.12. The van der Waals surface area contributed by atoms with Crippen molar-refractivity contribution in [2.75, 3.05) is 35.1 Å². The van der Waals surface area contributed by atoms with Crippen LogP contribution >= 0.6 is 11.3 Å². The zero-order valence-corrected chi connectivity index (χ0v) is 17.8. The van der Waals surface area contributed by atoms with Crippen LogP contribution in [0.5, 0.6) is 0 Å². The number of rotatable bonds is 7. The summed E-state index contributed by atoms with van der Waals surface area (Å²) in [5.41, 5.74) is 3.50. The Labute approximate surface area is 180 Å². The van der Waals surface area contributed by atoms with Crippen LogP contribution in [0, 0.1) is 11.6 Å². The minimum absolute atomic E-state index is 0.0317. The van der Waals surface area contributed by atoms with Crippen LogP contribution in [0.3, 0.4) is 0 Å². The molecule has 0 bridgehead atoms. The van der Waals surface area contributed by atoms with E-state index in [0.29, 0.717) is 23.2 Å². The highest BCUT2D eigenvalue weighted by atomic mass is 32.2. The highest BCUT2D eigenvalue weighted by Crippen LogP contribution is 2.33. The molecular weight excluding hydrogens is 428 g/mol. The molecule has 1 aliphatic rings. The number of halogens is 2. The van der Waals surface area contributed by atoms with Crippen LogP contribution in [0.25, 0.3) is 0 Å². The maximum atomic E-state index is 14.6. The summed E-state index contributed by atoms with van der Waals surface area (Å²) in [6.07, 6.45) is 0.966. The Morgan fingerprint density at radius 2 is 2.10 bits per heavy atom. The van der Waals surface area contributed by atoms with Gasteiger partial charge in [-0.05, 0) is 37.7 Å². The monoisotopic (exact) mass is 449 g/mol. The second-order valence-electron chi connectivity index (χ2n) is 6.90. The molecule has 0 radical (unpaired) electrons. The van der Waals surface area contributed by atoms with Crippen LogP contribution in [0.4, 0.5) is 31.7 Å². The van der Waals surface area contributed by atoms with E-state index < -0.39 is 17.2 Å². The first-order valence-corrected chi connectivity index (χ1v) is 11.5. The molecule has 10 heteroatoms. The summed E-state index contributed by atoms with van der Waals surface area (Å²) in [6.45, 7) is 1.57. The standard InChI is InChI=1S/C20H21F2N5OS2/c1-23-15-6-7-27(10-15)18-8-13(21)2-4-17(18)25-14-3-5-19(16(22)9-14)30(28)26-20-11-29-12-24-20/h2-5,8-9,11-12,15,23,25-26H,6-7,10H2,1H3. The molecule has 0 amide bonds. The lowest BCUT2D eigenvalue weighted by atomic mass is 10.2. The molecule has 1 aliphatic heterocycles. The van der Waals surface area contributed by atoms with Crippen molar-refractivity contribution in [2.45, 2.75) is 17.4 Å². The number of benzene rings is 2. The molecule has 3 aromatic rings. The number of anilines is 4. The number of thiazole rings is 1. The first kappa shape index (κ1) is 20.9. The van der Waals surface area contributed by atoms with E-state index in [9.17, 15) is 13.3 Å². The molecule has 2 heterocycles. The molecule has 0 aliphatic carbocycles. The van der Waals surface area contributed by atoms with Crippen molar-refractivity contribution >= 4 is 45.6 Å². The van der Waals surface area contributed by atoms with Crippen molar-refractivity contribution < 1.29 is 13.3 Å². The van der Waals surface area contributed by atoms with Gasteiger partial charge in [0.25, 0.3) is 0 Å². The lowest BCUT2D eigenvalue weighted by molar-refractivity contribution is 0.570. The number of hydrogen-bond acceptors (Lipinski definition) is 7. The van der Waals surface area contributed by atoms with Gasteiger partial charge >= 0.3 is 0 Å². The van der Waals surface area contributed by atoms with E-state index in [0.717, 1.165) is 25.2 Å². The molecule has 4 rings (SSSR count). The molecule has 1 aromatic heterocycles. The van der Waals surface area contributed by atoms with E-state index in [4.69, 9.17) is 0 Å². The summed E-state index contributed by atoms with van der Waals surface area (Å²) < 4.78 is 43.6. The van der Waals surface area contributed by atoms with Gasteiger partial charge in [0.05, 0.1) is 16.9 Å². The van der Waals surface area contributed by atoms with E-state index in [-0.39, 0.29) is 10.7 Å². The highest BCUT2D eigenvalue weighted by Gasteiger charge is 2.24. The molecule has 1 fully saturated rings. The lowest BCUT2D eigenvalue weighted by Gasteiger charge is -2.23. The molecule has 2 unspecified atom stereocenters. The first-order chi connectivity index (χ1) is 14.5. The van der Waals surface area contributed by atoms with E-state index in [1.807, 2.05) is 7.05 Å². The number of nitrogens with one attached hydrogen (secondary N) is 3. The van der Waals surface area contributed by atoms with Gasteiger partial charge in [-0.3, -0.25) is 0 Å². The summed E-state index contributed by atoms with van der Waals surface area (Å²) in [5, 5.41) is 8.10. The second-order valence-corrected chi connectivity index (χ2v) is 8.80. The Kier molecular flexibility index (Phi) is 6.38. The third kappa shape index (κ3) is 4.67. The predicted octanol–water partition coefficient (Wildman–Crippen LogP) is 4.10. The van der Waals surface area contributed by atoms with E-state index in [2.05, 4.69) is 25.2 Å². The molecule has 3 N–H and O–H groups in total. The van der Waals surface area contributed by atoms with Crippen molar-refractivity contribution in [3.8, 4) is 0 Å². The minimum atomic E-state index is -1.77. The molecular formula is C20H21F2N5OS2. The number of hydrogen-bond donors (Lipinski definition) is 3. The quantitative estimate of drug-likeness (QED) is 0.472. The van der Waals surface area contributed by atoms with Gasteiger partial charge in [0.1, 0.15) is 17.2 Å². The van der Waals surface area contributed by atoms with Gasteiger partial charge < -0.3 is 20.1 Å². The number of likely N-dealkylation sites (N-methyl/N-ethyl adjacent to an activating group) is 1. The maximum absolute atomic E-state index is 14.6. The SMILES string of the molecule is CNC1CCN(c2cc(F)ccc2Nc2ccc([S+]([O-])Nc3cscn3)c(F)c2)C1. The molecule has 6 nitrogen and oxygen atoms in total. The van der Waals surface area contributed by atoms with Gasteiger partial charge in [-0.15, -0.1) is 11.3 Å². The Morgan fingerprint density at radius 1 is 1.23 bits per heavy atom. The molecule has 2 atom stereocenters. The summed E-state index contributed by atoms with van der Waals surface area (Å²) in [7, 11) is 1.91. The molecule has 0 spiro atoms. The van der Waals surface area contributed by atoms with Crippen molar-refractivity contribution in [3.63, 3.8) is 0 Å². The van der Waals surface area contributed by atoms with Crippen molar-refractivity contribution in [3.05, 3.63) is 58.9 Å². The van der Waals surface area contributed by atoms with Gasteiger partial charge in [0, 0.05) is 42.3 Å². The molecule has 1 saturated heterocycles. The van der Waals surface area contributed by atoms with E-state index >= 15 is 0 Å². The fraction of sp³-hybridized carbons (Fsp3) is 0.250. The maximum Gasteiger partial charge on any atom is 0.215 e. The Hall–Kier alpha value is -2.40. The van der Waals surface area contributed by atoms with E-state index in [1.165, 1.54) is 35.6 Å². The van der Waals surface area contributed by atoms with Crippen LogP contribution in [-0.4, -0.2) is 35.7 Å². The summed E-state index contributed by atoms with van der Waals surface area (Å²) >= 11 is -0.415. The number of aromatic nitrogens is 1. The molecule has 158 valence electrons. The molecule has 2 aromatic carbocycles. The van der Waals surface area contributed by atoms with Crippen LogP contribution in [0.1, 0.15) is 6.42 Å². The van der Waals surface area contributed by atoms with Crippen LogP contribution in [-0.2, 0) is 11.4 Å². The fourth-order valence-electron chi connectivity index (χ4n) is 3.38. The third-order valence-corrected chi connectivity index (χ3v) is 6.65. The number of nitrogens with zero attached hydrogens (tertiary/aromatic N) is 2. The van der Waals surface area contributed by atoms with Crippen LogP contribution in [0.15, 0.2) is 52.2 Å². The summed E-state index contributed by atoms with van der Waals surface area (Å²) in [5.74, 6) is -0.504. The second kappa shape index (κ2) is 9.17. The van der Waals surface area contributed by atoms with Gasteiger partial charge in [-0.25, -0.2) is 13.8 Å². The van der Waals surface area contributed by atoms with Crippen molar-refractivity contribution in [1.82, 2.24) is 10.3 Å². The normalized spacial score (nSPS) is 17.2. The molecule has 0 saturated carbocycles. The van der Waals surface area contributed by atoms with Gasteiger partial charge in [-0.2, -0.15) is 4.72 Å². The lowest BCUT2D eigenvalue weighted by Crippen LogP contribution is -2.29. The molecule has 30 heavy (non-hydrogen) atoms. The third-order valence-electron chi connectivity index (χ3n) is 4.94. The van der Waals surface area contributed by atoms with E-state index in [1.54, 1.807) is 23.0 Å². The van der Waals surface area contributed by atoms with Crippen LogP contribution in [0.2, 0.25) is 0 Å². The van der Waals surface area contributed by atoms with Gasteiger partial charge in [-0.1, -0.05) is 0 Å².